The van der Waals surface area contributed by atoms with Gasteiger partial charge in [0.1, 0.15) is 0 Å². The molecule has 9 heteroatoms. The van der Waals surface area contributed by atoms with E-state index in [1.807, 2.05) is 4.90 Å². The monoisotopic (exact) mass is 361 g/mol. The Balaban J connectivity index is 1.78. The fourth-order valence-corrected chi connectivity index (χ4v) is 3.62. The van der Waals surface area contributed by atoms with E-state index >= 15 is 0 Å². The zero-order valence-electron chi connectivity index (χ0n) is 14.3. The van der Waals surface area contributed by atoms with Gasteiger partial charge < -0.3 is 5.11 Å². The van der Waals surface area contributed by atoms with Gasteiger partial charge in [-0.1, -0.05) is 0 Å². The molecule has 0 bridgehead atoms. The number of carboxylic acids is 1. The second kappa shape index (κ2) is 6.83. The highest BCUT2D eigenvalue weighted by Gasteiger charge is 2.44. The highest BCUT2D eigenvalue weighted by Crippen LogP contribution is 2.32. The molecule has 0 aliphatic carbocycles. The minimum atomic E-state index is -0.832. The molecule has 3 rings (SSSR count). The number of benzene rings is 1. The van der Waals surface area contributed by atoms with E-state index in [-0.39, 0.29) is 23.9 Å². The largest absolute Gasteiger partial charge is 0.481 e. The molecule has 1 unspecified atom stereocenters. The first-order valence-corrected chi connectivity index (χ1v) is 8.38. The summed E-state index contributed by atoms with van der Waals surface area (Å²) in [6, 6.07) is 3.42. The van der Waals surface area contributed by atoms with Crippen LogP contribution < -0.4 is 4.90 Å². The minimum Gasteiger partial charge on any atom is -0.481 e. The normalized spacial score (nSPS) is 22.0. The summed E-state index contributed by atoms with van der Waals surface area (Å²) in [5.41, 5.74) is 0.734. The summed E-state index contributed by atoms with van der Waals surface area (Å²) in [7, 11) is 0. The minimum absolute atomic E-state index is 0.0347. The van der Waals surface area contributed by atoms with E-state index in [0.717, 1.165) is 4.90 Å². The summed E-state index contributed by atoms with van der Waals surface area (Å²) < 4.78 is 0. The second-order valence-corrected chi connectivity index (χ2v) is 6.66. The number of nitro benzene ring substituents is 1. The third kappa shape index (κ3) is 3.17. The molecule has 26 heavy (non-hydrogen) atoms. The van der Waals surface area contributed by atoms with Crippen molar-refractivity contribution >= 4 is 29.2 Å². The van der Waals surface area contributed by atoms with Crippen LogP contribution in [0.5, 0.6) is 0 Å². The van der Waals surface area contributed by atoms with Crippen molar-refractivity contribution in [2.24, 2.45) is 5.92 Å². The number of carbonyl (C=O) groups excluding carboxylic acids is 2. The number of hydrogen-bond acceptors (Lipinski definition) is 6. The van der Waals surface area contributed by atoms with Crippen molar-refractivity contribution in [3.05, 3.63) is 33.9 Å². The molecule has 1 N–H and O–H groups in total. The first kappa shape index (κ1) is 18.0. The third-order valence-corrected chi connectivity index (χ3v) is 5.07. The molecule has 1 aromatic carbocycles. The third-order valence-electron chi connectivity index (χ3n) is 5.07. The second-order valence-electron chi connectivity index (χ2n) is 6.66. The number of likely N-dealkylation sites (tertiary alicyclic amines) is 1. The van der Waals surface area contributed by atoms with Crippen molar-refractivity contribution in [1.29, 1.82) is 0 Å². The van der Waals surface area contributed by atoms with Crippen LogP contribution in [0.4, 0.5) is 11.4 Å². The number of hydrogen-bond donors (Lipinski definition) is 1. The molecule has 2 fully saturated rings. The van der Waals surface area contributed by atoms with Crippen LogP contribution in [0.25, 0.3) is 0 Å². The molecule has 0 aromatic heterocycles. The summed E-state index contributed by atoms with van der Waals surface area (Å²) in [4.78, 5) is 49.6. The summed E-state index contributed by atoms with van der Waals surface area (Å²) in [6.45, 7) is 2.52. The van der Waals surface area contributed by atoms with E-state index in [1.54, 1.807) is 6.92 Å². The number of nitro groups is 1. The number of aliphatic carboxylic acids is 1. The van der Waals surface area contributed by atoms with Crippen LogP contribution in [0.2, 0.25) is 0 Å². The van der Waals surface area contributed by atoms with Crippen molar-refractivity contribution in [3.8, 4) is 0 Å². The van der Waals surface area contributed by atoms with Crippen molar-refractivity contribution < 1.29 is 24.4 Å². The van der Waals surface area contributed by atoms with E-state index < -0.39 is 22.9 Å². The molecular formula is C17H19N3O6. The van der Waals surface area contributed by atoms with Crippen LogP contribution in [0, 0.1) is 23.0 Å². The standard InChI is InChI=1S/C17H19N3O6/c1-10-8-12(20(25)26)2-3-13(10)19-15(21)9-14(16(19)22)18-6-4-11(5-7-18)17(23)24/h2-3,8,11,14H,4-7,9H2,1H3,(H,23,24). The van der Waals surface area contributed by atoms with E-state index in [1.165, 1.54) is 18.2 Å². The Labute approximate surface area is 149 Å². The number of anilines is 1. The quantitative estimate of drug-likeness (QED) is 0.488. The van der Waals surface area contributed by atoms with E-state index in [9.17, 15) is 24.5 Å². The highest BCUT2D eigenvalue weighted by atomic mass is 16.6. The van der Waals surface area contributed by atoms with Crippen LogP contribution >= 0.6 is 0 Å². The number of piperidine rings is 1. The van der Waals surface area contributed by atoms with Gasteiger partial charge in [0.2, 0.25) is 5.91 Å². The van der Waals surface area contributed by atoms with Crippen LogP contribution in [-0.4, -0.2) is 51.8 Å². The molecule has 2 aliphatic heterocycles. The van der Waals surface area contributed by atoms with Crippen LogP contribution in [0.1, 0.15) is 24.8 Å². The number of carbonyl (C=O) groups is 3. The van der Waals surface area contributed by atoms with Gasteiger partial charge in [-0.25, -0.2) is 4.90 Å². The number of rotatable bonds is 4. The van der Waals surface area contributed by atoms with E-state index in [2.05, 4.69) is 0 Å². The highest BCUT2D eigenvalue weighted by molar-refractivity contribution is 6.22. The maximum absolute atomic E-state index is 12.8. The first-order chi connectivity index (χ1) is 12.3. The van der Waals surface area contributed by atoms with Crippen LogP contribution in [0.15, 0.2) is 18.2 Å². The molecule has 0 radical (unpaired) electrons. The Morgan fingerprint density at radius 2 is 1.92 bits per heavy atom. The summed E-state index contributed by atoms with van der Waals surface area (Å²) in [5, 5.41) is 19.9. The lowest BCUT2D eigenvalue weighted by molar-refractivity contribution is -0.384. The number of nitrogens with zero attached hydrogens (tertiary/aromatic N) is 3. The predicted octanol–water partition coefficient (Wildman–Crippen LogP) is 1.33. The van der Waals surface area contributed by atoms with Crippen LogP contribution in [-0.2, 0) is 14.4 Å². The molecular weight excluding hydrogens is 342 g/mol. The van der Waals surface area contributed by atoms with E-state index in [0.29, 0.717) is 37.2 Å². The van der Waals surface area contributed by atoms with Gasteiger partial charge in [-0.15, -0.1) is 0 Å². The Morgan fingerprint density at radius 3 is 2.46 bits per heavy atom. The predicted molar refractivity (Wildman–Crippen MR) is 90.7 cm³/mol. The van der Waals surface area contributed by atoms with Gasteiger partial charge in [0.25, 0.3) is 11.6 Å². The Bertz CT molecular complexity index is 785. The molecule has 138 valence electrons. The lowest BCUT2D eigenvalue weighted by atomic mass is 9.95. The van der Waals surface area contributed by atoms with Gasteiger partial charge in [0.05, 0.1) is 29.0 Å². The zero-order valence-corrected chi connectivity index (χ0v) is 14.3. The van der Waals surface area contributed by atoms with E-state index in [4.69, 9.17) is 5.11 Å². The molecule has 0 saturated carbocycles. The Hall–Kier alpha value is -2.81. The fraction of sp³-hybridized carbons (Fsp3) is 0.471. The SMILES string of the molecule is Cc1cc([N+](=O)[O-])ccc1N1C(=O)CC(N2CCC(C(=O)O)CC2)C1=O. The molecule has 9 nitrogen and oxygen atoms in total. The first-order valence-electron chi connectivity index (χ1n) is 8.38. The molecule has 1 atom stereocenters. The fourth-order valence-electron chi connectivity index (χ4n) is 3.62. The molecule has 2 amide bonds. The number of imide groups is 1. The number of carboxylic acid groups (broad SMARTS) is 1. The topological polar surface area (TPSA) is 121 Å². The maximum atomic E-state index is 12.8. The lowest BCUT2D eigenvalue weighted by Gasteiger charge is -2.33. The molecule has 2 saturated heterocycles. The average molecular weight is 361 g/mol. The Kier molecular flexibility index (Phi) is 4.73. The molecule has 2 aliphatic rings. The van der Waals surface area contributed by atoms with Gasteiger partial charge in [-0.05, 0) is 44.5 Å². The lowest BCUT2D eigenvalue weighted by Crippen LogP contribution is -2.46. The van der Waals surface area contributed by atoms with Crippen molar-refractivity contribution in [3.63, 3.8) is 0 Å². The summed E-state index contributed by atoms with van der Waals surface area (Å²) in [5.74, 6) is -1.95. The van der Waals surface area contributed by atoms with Gasteiger partial charge in [-0.2, -0.15) is 0 Å². The average Bonchev–Trinajstić information content (AvgIpc) is 2.89. The van der Waals surface area contributed by atoms with Crippen LogP contribution in [0.3, 0.4) is 0 Å². The number of amides is 2. The van der Waals surface area contributed by atoms with Gasteiger partial charge in [0.15, 0.2) is 0 Å². The summed E-state index contributed by atoms with van der Waals surface area (Å²) in [6.07, 6.45) is 0.931. The zero-order chi connectivity index (χ0) is 19.0. The van der Waals surface area contributed by atoms with Gasteiger partial charge >= 0.3 is 5.97 Å². The smallest absolute Gasteiger partial charge is 0.306 e. The van der Waals surface area contributed by atoms with Crippen molar-refractivity contribution in [2.75, 3.05) is 18.0 Å². The molecule has 1 aromatic rings. The number of aryl methyl sites for hydroxylation is 1. The van der Waals surface area contributed by atoms with Crippen molar-refractivity contribution in [2.45, 2.75) is 32.2 Å². The van der Waals surface area contributed by atoms with Gasteiger partial charge in [-0.3, -0.25) is 29.4 Å². The maximum Gasteiger partial charge on any atom is 0.306 e. The summed E-state index contributed by atoms with van der Waals surface area (Å²) >= 11 is 0. The van der Waals surface area contributed by atoms with Gasteiger partial charge in [0, 0.05) is 12.1 Å². The number of non-ortho nitro benzene ring substituents is 1. The molecule has 2 heterocycles. The molecule has 0 spiro atoms. The Morgan fingerprint density at radius 1 is 1.27 bits per heavy atom. The van der Waals surface area contributed by atoms with Crippen molar-refractivity contribution in [1.82, 2.24) is 4.90 Å².